The average Bonchev–Trinajstić information content (AvgIpc) is 2.66. The summed E-state index contributed by atoms with van der Waals surface area (Å²) in [5.41, 5.74) is 0.353. The Labute approximate surface area is 164 Å². The fourth-order valence-electron chi connectivity index (χ4n) is 2.09. The summed E-state index contributed by atoms with van der Waals surface area (Å²) in [4.78, 5) is 45.4. The van der Waals surface area contributed by atoms with E-state index >= 15 is 0 Å². The van der Waals surface area contributed by atoms with Gasteiger partial charge in [0.05, 0.1) is 27.7 Å². The zero-order valence-electron chi connectivity index (χ0n) is 14.6. The molecule has 0 aliphatic carbocycles. The number of benzene rings is 2. The fraction of sp³-hybridized carbons (Fsp3) is 0.167. The van der Waals surface area contributed by atoms with Crippen molar-refractivity contribution in [3.8, 4) is 0 Å². The van der Waals surface area contributed by atoms with Crippen LogP contribution in [-0.4, -0.2) is 36.0 Å². The Morgan fingerprint density at radius 1 is 1.07 bits per heavy atom. The first kappa shape index (κ1) is 20.8. The molecule has 0 aliphatic rings. The molecule has 0 heterocycles. The van der Waals surface area contributed by atoms with E-state index in [1.54, 1.807) is 6.92 Å². The number of nitrogens with zero attached hydrogens (tertiary/aromatic N) is 1. The number of esters is 2. The predicted molar refractivity (Wildman–Crippen MR) is 99.4 cm³/mol. The molecule has 0 saturated heterocycles. The summed E-state index contributed by atoms with van der Waals surface area (Å²) in [7, 11) is 0. The van der Waals surface area contributed by atoms with Crippen molar-refractivity contribution in [2.75, 3.05) is 18.5 Å². The zero-order valence-corrected chi connectivity index (χ0v) is 15.4. The topological polar surface area (TPSA) is 125 Å². The van der Waals surface area contributed by atoms with Crippen LogP contribution in [0.2, 0.25) is 5.02 Å². The Hall–Kier alpha value is -3.46. The first-order chi connectivity index (χ1) is 13.3. The standard InChI is InChI=1S/C18H15ClN2O7/c1-2-27-17(23)11-3-5-12(6-4-11)20-16(22)10-28-18(24)14-8-7-13(21(25)26)9-15(14)19/h3-9H,2,10H2,1H3,(H,20,22). The summed E-state index contributed by atoms with van der Waals surface area (Å²) in [6, 6.07) is 9.23. The van der Waals surface area contributed by atoms with Gasteiger partial charge in [0.15, 0.2) is 6.61 Å². The van der Waals surface area contributed by atoms with Gasteiger partial charge < -0.3 is 14.8 Å². The van der Waals surface area contributed by atoms with E-state index in [9.17, 15) is 24.5 Å². The van der Waals surface area contributed by atoms with Gasteiger partial charge in [-0.2, -0.15) is 0 Å². The Bertz CT molecular complexity index is 913. The molecule has 2 aromatic rings. The molecule has 0 radical (unpaired) electrons. The third-order valence-electron chi connectivity index (χ3n) is 3.40. The van der Waals surface area contributed by atoms with Gasteiger partial charge >= 0.3 is 11.9 Å². The third-order valence-corrected chi connectivity index (χ3v) is 3.71. The van der Waals surface area contributed by atoms with Gasteiger partial charge in [0.1, 0.15) is 0 Å². The molecule has 0 atom stereocenters. The third kappa shape index (κ3) is 5.52. The first-order valence-electron chi connectivity index (χ1n) is 8.00. The molecule has 0 spiro atoms. The van der Waals surface area contributed by atoms with Gasteiger partial charge in [-0.1, -0.05) is 11.6 Å². The van der Waals surface area contributed by atoms with Gasteiger partial charge in [0, 0.05) is 17.8 Å². The summed E-state index contributed by atoms with van der Waals surface area (Å²) in [5.74, 6) is -1.99. The van der Waals surface area contributed by atoms with E-state index in [0.717, 1.165) is 18.2 Å². The molecule has 2 rings (SSSR count). The summed E-state index contributed by atoms with van der Waals surface area (Å²) < 4.78 is 9.71. The summed E-state index contributed by atoms with van der Waals surface area (Å²) in [6.45, 7) is 1.35. The normalized spacial score (nSPS) is 10.1. The van der Waals surface area contributed by atoms with Crippen LogP contribution in [-0.2, 0) is 14.3 Å². The molecule has 0 bridgehead atoms. The van der Waals surface area contributed by atoms with E-state index in [1.165, 1.54) is 24.3 Å². The lowest BCUT2D eigenvalue weighted by atomic mass is 10.2. The van der Waals surface area contributed by atoms with Gasteiger partial charge in [0.25, 0.3) is 11.6 Å². The van der Waals surface area contributed by atoms with E-state index in [4.69, 9.17) is 21.1 Å². The smallest absolute Gasteiger partial charge is 0.340 e. The minimum atomic E-state index is -0.896. The van der Waals surface area contributed by atoms with Crippen molar-refractivity contribution in [2.45, 2.75) is 6.92 Å². The number of non-ortho nitro benzene ring substituents is 1. The van der Waals surface area contributed by atoms with Crippen LogP contribution in [0.15, 0.2) is 42.5 Å². The fourth-order valence-corrected chi connectivity index (χ4v) is 2.35. The molecule has 28 heavy (non-hydrogen) atoms. The first-order valence-corrected chi connectivity index (χ1v) is 8.37. The number of amides is 1. The van der Waals surface area contributed by atoms with E-state index in [0.29, 0.717) is 11.3 Å². The summed E-state index contributed by atoms with van der Waals surface area (Å²) in [6.07, 6.45) is 0. The molecule has 0 unspecified atom stereocenters. The second-order valence-corrected chi connectivity index (χ2v) is 5.75. The monoisotopic (exact) mass is 406 g/mol. The number of halogens is 1. The lowest BCUT2D eigenvalue weighted by Gasteiger charge is -2.08. The van der Waals surface area contributed by atoms with E-state index in [1.807, 2.05) is 0 Å². The highest BCUT2D eigenvalue weighted by Gasteiger charge is 2.17. The van der Waals surface area contributed by atoms with Crippen LogP contribution < -0.4 is 5.32 Å². The number of anilines is 1. The Morgan fingerprint density at radius 2 is 1.75 bits per heavy atom. The Kier molecular flexibility index (Phi) is 7.05. The number of nitrogens with one attached hydrogen (secondary N) is 1. The second kappa shape index (κ2) is 9.47. The largest absolute Gasteiger partial charge is 0.462 e. The molecule has 1 N–H and O–H groups in total. The summed E-state index contributed by atoms with van der Waals surface area (Å²) in [5, 5.41) is 13.0. The number of ether oxygens (including phenoxy) is 2. The van der Waals surface area contributed by atoms with Crippen molar-refractivity contribution in [1.29, 1.82) is 0 Å². The van der Waals surface area contributed by atoms with Crippen molar-refractivity contribution in [3.63, 3.8) is 0 Å². The van der Waals surface area contributed by atoms with Crippen molar-refractivity contribution in [3.05, 3.63) is 68.7 Å². The van der Waals surface area contributed by atoms with Gasteiger partial charge in [-0.3, -0.25) is 14.9 Å². The molecule has 10 heteroatoms. The number of nitro benzene ring substituents is 1. The molecule has 0 saturated carbocycles. The Morgan fingerprint density at radius 3 is 2.32 bits per heavy atom. The zero-order chi connectivity index (χ0) is 20.7. The molecule has 146 valence electrons. The van der Waals surface area contributed by atoms with Gasteiger partial charge in [-0.25, -0.2) is 9.59 Å². The number of carbonyl (C=O) groups is 3. The molecule has 0 fully saturated rings. The lowest BCUT2D eigenvalue weighted by molar-refractivity contribution is -0.384. The predicted octanol–water partition coefficient (Wildman–Crippen LogP) is 3.22. The summed E-state index contributed by atoms with van der Waals surface area (Å²) >= 11 is 5.83. The van der Waals surface area contributed by atoms with Gasteiger partial charge in [-0.15, -0.1) is 0 Å². The van der Waals surface area contributed by atoms with Crippen molar-refractivity contribution in [1.82, 2.24) is 0 Å². The molecule has 9 nitrogen and oxygen atoms in total. The van der Waals surface area contributed by atoms with Crippen LogP contribution in [0.25, 0.3) is 0 Å². The molecule has 1 amide bonds. The highest BCUT2D eigenvalue weighted by atomic mass is 35.5. The van der Waals surface area contributed by atoms with E-state index < -0.39 is 29.4 Å². The molecule has 0 aromatic heterocycles. The lowest BCUT2D eigenvalue weighted by Crippen LogP contribution is -2.21. The number of rotatable bonds is 7. The number of hydrogen-bond donors (Lipinski definition) is 1. The maximum atomic E-state index is 12.0. The highest BCUT2D eigenvalue weighted by Crippen LogP contribution is 2.23. The van der Waals surface area contributed by atoms with Crippen LogP contribution >= 0.6 is 11.6 Å². The molecule has 2 aromatic carbocycles. The van der Waals surface area contributed by atoms with E-state index in [2.05, 4.69) is 5.32 Å². The van der Waals surface area contributed by atoms with Crippen LogP contribution in [0.1, 0.15) is 27.6 Å². The van der Waals surface area contributed by atoms with E-state index in [-0.39, 0.29) is 22.9 Å². The maximum absolute atomic E-state index is 12.0. The highest BCUT2D eigenvalue weighted by molar-refractivity contribution is 6.33. The van der Waals surface area contributed by atoms with Crippen molar-refractivity contribution >= 4 is 40.8 Å². The number of hydrogen-bond acceptors (Lipinski definition) is 7. The van der Waals surface area contributed by atoms with Gasteiger partial charge in [0.2, 0.25) is 0 Å². The minimum absolute atomic E-state index is 0.0983. The van der Waals surface area contributed by atoms with Crippen molar-refractivity contribution in [2.24, 2.45) is 0 Å². The average molecular weight is 407 g/mol. The SMILES string of the molecule is CCOC(=O)c1ccc(NC(=O)COC(=O)c2ccc([N+](=O)[O-])cc2Cl)cc1. The van der Waals surface area contributed by atoms with Crippen molar-refractivity contribution < 1.29 is 28.8 Å². The second-order valence-electron chi connectivity index (χ2n) is 5.34. The van der Waals surface area contributed by atoms with Gasteiger partial charge in [-0.05, 0) is 37.3 Å². The quantitative estimate of drug-likeness (QED) is 0.425. The molecular weight excluding hydrogens is 392 g/mol. The van der Waals surface area contributed by atoms with Crippen LogP contribution in [0.3, 0.4) is 0 Å². The van der Waals surface area contributed by atoms with Crippen LogP contribution in [0, 0.1) is 10.1 Å². The number of carbonyl (C=O) groups excluding carboxylic acids is 3. The van der Waals surface area contributed by atoms with Crippen LogP contribution in [0.4, 0.5) is 11.4 Å². The number of nitro groups is 1. The molecule has 0 aliphatic heterocycles. The Balaban J connectivity index is 1.91. The maximum Gasteiger partial charge on any atom is 0.340 e. The minimum Gasteiger partial charge on any atom is -0.462 e. The van der Waals surface area contributed by atoms with Crippen LogP contribution in [0.5, 0.6) is 0 Å². The molecular formula is C18H15ClN2O7.